The maximum Gasteiger partial charge on any atom is 0.255 e. The van der Waals surface area contributed by atoms with E-state index in [-0.39, 0.29) is 11.4 Å². The van der Waals surface area contributed by atoms with Crippen LogP contribution in [0.1, 0.15) is 23.6 Å². The first-order valence-corrected chi connectivity index (χ1v) is 6.98. The lowest BCUT2D eigenvalue weighted by Crippen LogP contribution is -2.23. The average molecular weight is 276 g/mol. The summed E-state index contributed by atoms with van der Waals surface area (Å²) in [4.78, 5) is 12.3. The normalized spacial score (nSPS) is 10.7. The molecule has 2 aromatic rings. The number of aryl methyl sites for hydroxylation is 2. The first-order valence-electron chi connectivity index (χ1n) is 6.44. The van der Waals surface area contributed by atoms with Crippen LogP contribution >= 0.6 is 11.6 Å². The van der Waals surface area contributed by atoms with Gasteiger partial charge in [0.15, 0.2) is 0 Å². The summed E-state index contributed by atoms with van der Waals surface area (Å²) in [6.07, 6.45) is 0. The fourth-order valence-electron chi connectivity index (χ4n) is 2.19. The first kappa shape index (κ1) is 13.9. The average Bonchev–Trinajstić information content (AvgIpc) is 2.41. The van der Waals surface area contributed by atoms with Gasteiger partial charge in [0.25, 0.3) is 5.56 Å². The molecule has 0 radical (unpaired) electrons. The highest BCUT2D eigenvalue weighted by Gasteiger charge is 2.09. The second kappa shape index (κ2) is 5.62. The molecule has 0 aliphatic rings. The lowest BCUT2D eigenvalue weighted by atomic mass is 10.0. The van der Waals surface area contributed by atoms with Crippen molar-refractivity contribution in [1.82, 2.24) is 4.57 Å². The Morgan fingerprint density at radius 3 is 2.42 bits per heavy atom. The van der Waals surface area contributed by atoms with Gasteiger partial charge >= 0.3 is 0 Å². The quantitative estimate of drug-likeness (QED) is 0.779. The third kappa shape index (κ3) is 2.59. The molecule has 0 spiro atoms. The van der Waals surface area contributed by atoms with E-state index >= 15 is 0 Å². The molecule has 1 aromatic carbocycles. The molecule has 0 saturated carbocycles. The van der Waals surface area contributed by atoms with Gasteiger partial charge in [0.2, 0.25) is 0 Å². The zero-order valence-corrected chi connectivity index (χ0v) is 12.3. The highest BCUT2D eigenvalue weighted by molar-refractivity contribution is 6.17. The van der Waals surface area contributed by atoms with Gasteiger partial charge in [-0.3, -0.25) is 4.79 Å². The van der Waals surface area contributed by atoms with Crippen LogP contribution in [0.3, 0.4) is 0 Å². The molecule has 1 heterocycles. The number of aromatic nitrogens is 1. The Balaban J connectivity index is 2.65. The molecule has 0 aliphatic heterocycles. The van der Waals surface area contributed by atoms with Gasteiger partial charge < -0.3 is 4.57 Å². The number of nitrogens with zero attached hydrogens (tertiary/aromatic N) is 1. The Morgan fingerprint density at radius 1 is 1.11 bits per heavy atom. The van der Waals surface area contributed by atoms with E-state index in [0.29, 0.717) is 12.1 Å². The second-order valence-electron chi connectivity index (χ2n) is 4.73. The Morgan fingerprint density at radius 2 is 1.84 bits per heavy atom. The van der Waals surface area contributed by atoms with Crippen molar-refractivity contribution < 1.29 is 0 Å². The molecule has 1 aromatic heterocycles. The third-order valence-corrected chi connectivity index (χ3v) is 3.80. The number of halogens is 1. The second-order valence-corrected chi connectivity index (χ2v) is 4.99. The van der Waals surface area contributed by atoms with Gasteiger partial charge in [-0.2, -0.15) is 0 Å². The lowest BCUT2D eigenvalue weighted by Gasteiger charge is -2.13. The van der Waals surface area contributed by atoms with Crippen molar-refractivity contribution in [2.24, 2.45) is 0 Å². The van der Waals surface area contributed by atoms with E-state index in [1.165, 1.54) is 11.1 Å². The molecule has 0 bridgehead atoms. The SMILES string of the molecule is CCn1c(-c2ccc(C)c(C)c2)ccc(CCl)c1=O. The van der Waals surface area contributed by atoms with E-state index in [9.17, 15) is 4.79 Å². The fourth-order valence-corrected chi connectivity index (χ4v) is 2.40. The first-order chi connectivity index (χ1) is 9.08. The summed E-state index contributed by atoms with van der Waals surface area (Å²) in [5.74, 6) is 0.256. The Labute approximate surface area is 118 Å². The minimum Gasteiger partial charge on any atom is -0.308 e. The molecule has 0 N–H and O–H groups in total. The summed E-state index contributed by atoms with van der Waals surface area (Å²) in [6, 6.07) is 10.1. The van der Waals surface area contributed by atoms with Crippen LogP contribution in [0.5, 0.6) is 0 Å². The van der Waals surface area contributed by atoms with E-state index in [1.807, 2.05) is 19.1 Å². The number of alkyl halides is 1. The summed E-state index contributed by atoms with van der Waals surface area (Å²) in [5.41, 5.74) is 5.16. The van der Waals surface area contributed by atoms with Crippen LogP contribution in [0, 0.1) is 13.8 Å². The van der Waals surface area contributed by atoms with Crippen molar-refractivity contribution in [3.05, 3.63) is 57.4 Å². The van der Waals surface area contributed by atoms with Crippen LogP contribution in [-0.2, 0) is 12.4 Å². The molecule has 2 rings (SSSR count). The van der Waals surface area contributed by atoms with E-state index in [2.05, 4.69) is 32.0 Å². The van der Waals surface area contributed by atoms with Crippen LogP contribution in [-0.4, -0.2) is 4.57 Å². The fraction of sp³-hybridized carbons (Fsp3) is 0.312. The van der Waals surface area contributed by atoms with Gasteiger partial charge in [-0.15, -0.1) is 11.6 Å². The van der Waals surface area contributed by atoms with Gasteiger partial charge in [-0.05, 0) is 49.6 Å². The molecule has 100 valence electrons. The molecule has 0 atom stereocenters. The molecular formula is C16H18ClNO. The number of benzene rings is 1. The van der Waals surface area contributed by atoms with Gasteiger partial charge in [-0.1, -0.05) is 18.2 Å². The van der Waals surface area contributed by atoms with Crippen LogP contribution in [0.25, 0.3) is 11.3 Å². The molecule has 2 nitrogen and oxygen atoms in total. The Bertz CT molecular complexity index is 658. The molecule has 0 fully saturated rings. The summed E-state index contributed by atoms with van der Waals surface area (Å²) >= 11 is 5.79. The predicted molar refractivity (Wildman–Crippen MR) is 80.8 cm³/mol. The minimum atomic E-state index is 0.00762. The minimum absolute atomic E-state index is 0.00762. The van der Waals surface area contributed by atoms with Crippen LogP contribution in [0.4, 0.5) is 0 Å². The van der Waals surface area contributed by atoms with Crippen molar-refractivity contribution in [2.75, 3.05) is 0 Å². The van der Waals surface area contributed by atoms with Gasteiger partial charge in [-0.25, -0.2) is 0 Å². The van der Waals surface area contributed by atoms with Crippen molar-refractivity contribution >= 4 is 11.6 Å². The van der Waals surface area contributed by atoms with Gasteiger partial charge in [0.1, 0.15) is 0 Å². The topological polar surface area (TPSA) is 22.0 Å². The van der Waals surface area contributed by atoms with E-state index in [1.54, 1.807) is 4.57 Å². The summed E-state index contributed by atoms with van der Waals surface area (Å²) in [6.45, 7) is 6.79. The van der Waals surface area contributed by atoms with Crippen molar-refractivity contribution in [2.45, 2.75) is 33.2 Å². The van der Waals surface area contributed by atoms with E-state index < -0.39 is 0 Å². The van der Waals surface area contributed by atoms with Crippen LogP contribution in [0.15, 0.2) is 35.1 Å². The van der Waals surface area contributed by atoms with Crippen LogP contribution < -0.4 is 5.56 Å². The summed E-state index contributed by atoms with van der Waals surface area (Å²) in [7, 11) is 0. The van der Waals surface area contributed by atoms with Crippen molar-refractivity contribution in [1.29, 1.82) is 0 Å². The highest BCUT2D eigenvalue weighted by Crippen LogP contribution is 2.21. The van der Waals surface area contributed by atoms with E-state index in [4.69, 9.17) is 11.6 Å². The zero-order chi connectivity index (χ0) is 14.0. The maximum absolute atomic E-state index is 12.3. The standard InChI is InChI=1S/C16H18ClNO/c1-4-18-15(8-7-14(10-17)16(18)19)13-6-5-11(2)12(3)9-13/h5-9H,4,10H2,1-3H3. The van der Waals surface area contributed by atoms with Gasteiger partial charge in [0.05, 0.1) is 11.6 Å². The number of pyridine rings is 1. The summed E-state index contributed by atoms with van der Waals surface area (Å²) < 4.78 is 1.78. The maximum atomic E-state index is 12.3. The molecule has 0 amide bonds. The third-order valence-electron chi connectivity index (χ3n) is 3.52. The predicted octanol–water partition coefficient (Wildman–Crippen LogP) is 3.89. The number of rotatable bonds is 3. The molecule has 0 unspecified atom stereocenters. The molecule has 3 heteroatoms. The van der Waals surface area contributed by atoms with Crippen LogP contribution in [0.2, 0.25) is 0 Å². The van der Waals surface area contributed by atoms with E-state index in [0.717, 1.165) is 11.3 Å². The Hall–Kier alpha value is -1.54. The van der Waals surface area contributed by atoms with Crippen molar-refractivity contribution in [3.63, 3.8) is 0 Å². The number of hydrogen-bond donors (Lipinski definition) is 0. The zero-order valence-electron chi connectivity index (χ0n) is 11.5. The number of hydrogen-bond acceptors (Lipinski definition) is 1. The molecule has 19 heavy (non-hydrogen) atoms. The van der Waals surface area contributed by atoms with Gasteiger partial charge in [0, 0.05) is 12.1 Å². The lowest BCUT2D eigenvalue weighted by molar-refractivity contribution is 0.728. The largest absolute Gasteiger partial charge is 0.308 e. The van der Waals surface area contributed by atoms with Crippen molar-refractivity contribution in [3.8, 4) is 11.3 Å². The highest BCUT2D eigenvalue weighted by atomic mass is 35.5. The monoisotopic (exact) mass is 275 g/mol. The molecule has 0 saturated heterocycles. The smallest absolute Gasteiger partial charge is 0.255 e. The molecule has 0 aliphatic carbocycles. The molecular weight excluding hydrogens is 258 g/mol. The summed E-state index contributed by atoms with van der Waals surface area (Å²) in [5, 5.41) is 0. The Kier molecular flexibility index (Phi) is 4.11.